The van der Waals surface area contributed by atoms with E-state index in [1.54, 1.807) is 30.5 Å². The molecule has 10 nitrogen and oxygen atoms in total. The number of anilines is 4. The first-order valence-electron chi connectivity index (χ1n) is 9.66. The minimum atomic E-state index is -0.562. The Bertz CT molecular complexity index is 1240. The Balaban J connectivity index is 1.45. The molecule has 0 bridgehead atoms. The number of amides is 1. The predicted molar refractivity (Wildman–Crippen MR) is 114 cm³/mol. The number of ether oxygens (including phenoxy) is 3. The van der Waals surface area contributed by atoms with Crippen LogP contribution in [0.15, 0.2) is 41.5 Å². The van der Waals surface area contributed by atoms with Crippen molar-refractivity contribution in [3.05, 3.63) is 58.1 Å². The topological polar surface area (TPSA) is 127 Å². The quantitative estimate of drug-likeness (QED) is 0.506. The van der Waals surface area contributed by atoms with Gasteiger partial charge in [-0.3, -0.25) is 9.59 Å². The summed E-state index contributed by atoms with van der Waals surface area (Å²) in [4.78, 5) is 32.4. The highest BCUT2D eigenvalue weighted by atomic mass is 16.7. The largest absolute Gasteiger partial charge is 0.474 e. The Morgan fingerprint density at radius 1 is 1.13 bits per heavy atom. The normalized spacial score (nSPS) is 13.6. The Morgan fingerprint density at radius 3 is 2.90 bits per heavy atom. The van der Waals surface area contributed by atoms with Crippen molar-refractivity contribution in [3.8, 4) is 17.4 Å². The fourth-order valence-electron chi connectivity index (χ4n) is 3.47. The molecule has 4 N–H and O–H groups in total. The van der Waals surface area contributed by atoms with Gasteiger partial charge in [0.1, 0.15) is 17.9 Å². The van der Waals surface area contributed by atoms with Crippen LogP contribution in [0.2, 0.25) is 0 Å². The number of carbonyl (C=O) groups is 1. The first-order chi connectivity index (χ1) is 15.1. The van der Waals surface area contributed by atoms with Gasteiger partial charge in [0.15, 0.2) is 11.5 Å². The van der Waals surface area contributed by atoms with E-state index in [9.17, 15) is 9.59 Å². The third kappa shape index (κ3) is 3.48. The van der Waals surface area contributed by atoms with Gasteiger partial charge in [0.05, 0.1) is 17.6 Å². The van der Waals surface area contributed by atoms with E-state index < -0.39 is 11.5 Å². The number of carbonyl (C=O) groups excluding carboxylic acids is 1. The Kier molecular flexibility index (Phi) is 4.58. The van der Waals surface area contributed by atoms with E-state index in [0.29, 0.717) is 47.6 Å². The molecule has 31 heavy (non-hydrogen) atoms. The summed E-state index contributed by atoms with van der Waals surface area (Å²) >= 11 is 0. The van der Waals surface area contributed by atoms with Crippen LogP contribution in [0, 0.1) is 6.92 Å². The summed E-state index contributed by atoms with van der Waals surface area (Å²) in [6.45, 7) is 3.26. The molecule has 0 aliphatic carbocycles. The molecule has 1 aromatic carbocycles. The van der Waals surface area contributed by atoms with Gasteiger partial charge in [-0.1, -0.05) is 0 Å². The Morgan fingerprint density at radius 2 is 2.00 bits per heavy atom. The number of pyridine rings is 2. The van der Waals surface area contributed by atoms with Gasteiger partial charge >= 0.3 is 0 Å². The average Bonchev–Trinajstić information content (AvgIpc) is 3.24. The SMILES string of the molecule is Cc1c(Nc2cc[nH]c(=O)c2C(=O)Nc2ccc3c(c2)OCO3)cnc2c1NCCO2. The van der Waals surface area contributed by atoms with Crippen LogP contribution in [0.25, 0.3) is 0 Å². The van der Waals surface area contributed by atoms with Gasteiger partial charge in [-0.2, -0.15) is 0 Å². The van der Waals surface area contributed by atoms with Crippen molar-refractivity contribution in [2.75, 3.05) is 35.9 Å². The lowest BCUT2D eigenvalue weighted by molar-refractivity contribution is 0.102. The lowest BCUT2D eigenvalue weighted by Crippen LogP contribution is -2.25. The molecule has 2 aliphatic rings. The summed E-state index contributed by atoms with van der Waals surface area (Å²) < 4.78 is 16.2. The molecule has 0 atom stereocenters. The van der Waals surface area contributed by atoms with E-state index in [-0.39, 0.29) is 12.4 Å². The Hall–Kier alpha value is -4.21. The maximum atomic E-state index is 13.0. The second-order valence-electron chi connectivity index (χ2n) is 6.99. The second kappa shape index (κ2) is 7.56. The van der Waals surface area contributed by atoms with Crippen molar-refractivity contribution in [1.29, 1.82) is 0 Å². The van der Waals surface area contributed by atoms with Gasteiger partial charge < -0.3 is 35.1 Å². The zero-order valence-electron chi connectivity index (χ0n) is 16.6. The van der Waals surface area contributed by atoms with Crippen LogP contribution in [0.3, 0.4) is 0 Å². The number of hydrogen-bond donors (Lipinski definition) is 4. The highest BCUT2D eigenvalue weighted by Gasteiger charge is 2.21. The molecule has 0 spiro atoms. The Labute approximate surface area is 176 Å². The minimum Gasteiger partial charge on any atom is -0.474 e. The number of hydrogen-bond acceptors (Lipinski definition) is 8. The lowest BCUT2D eigenvalue weighted by atomic mass is 10.1. The first kappa shape index (κ1) is 18.8. The van der Waals surface area contributed by atoms with E-state index in [4.69, 9.17) is 14.2 Å². The van der Waals surface area contributed by atoms with Crippen molar-refractivity contribution >= 4 is 28.7 Å². The molecule has 158 valence electrons. The third-order valence-corrected chi connectivity index (χ3v) is 5.03. The van der Waals surface area contributed by atoms with E-state index in [2.05, 4.69) is 25.9 Å². The molecule has 2 aliphatic heterocycles. The molecule has 4 heterocycles. The molecule has 0 radical (unpaired) electrons. The highest BCUT2D eigenvalue weighted by molar-refractivity contribution is 6.08. The molecule has 0 fully saturated rings. The van der Waals surface area contributed by atoms with Crippen molar-refractivity contribution in [2.24, 2.45) is 0 Å². The number of nitrogens with one attached hydrogen (secondary N) is 4. The first-order valence-corrected chi connectivity index (χ1v) is 9.66. The maximum Gasteiger partial charge on any atom is 0.263 e. The van der Waals surface area contributed by atoms with Gasteiger partial charge in [-0.25, -0.2) is 4.98 Å². The number of nitrogens with zero attached hydrogens (tertiary/aromatic N) is 1. The molecular formula is C21H19N5O5. The second-order valence-corrected chi connectivity index (χ2v) is 6.99. The number of benzene rings is 1. The molecule has 1 amide bonds. The molecule has 0 saturated heterocycles. The zero-order chi connectivity index (χ0) is 21.4. The van der Waals surface area contributed by atoms with Crippen LogP contribution in [-0.4, -0.2) is 35.8 Å². The number of aromatic amines is 1. The summed E-state index contributed by atoms with van der Waals surface area (Å²) in [5.74, 6) is 1.10. The summed E-state index contributed by atoms with van der Waals surface area (Å²) in [5.41, 5.74) is 2.56. The van der Waals surface area contributed by atoms with Crippen LogP contribution >= 0.6 is 0 Å². The lowest BCUT2D eigenvalue weighted by Gasteiger charge is -2.22. The van der Waals surface area contributed by atoms with E-state index >= 15 is 0 Å². The van der Waals surface area contributed by atoms with E-state index in [0.717, 1.165) is 11.3 Å². The van der Waals surface area contributed by atoms with Crippen LogP contribution in [-0.2, 0) is 0 Å². The molecule has 0 saturated carbocycles. The van der Waals surface area contributed by atoms with Gasteiger partial charge in [-0.05, 0) is 25.1 Å². The summed E-state index contributed by atoms with van der Waals surface area (Å²) in [6, 6.07) is 6.65. The van der Waals surface area contributed by atoms with Gasteiger partial charge in [0.2, 0.25) is 12.7 Å². The van der Waals surface area contributed by atoms with Crippen LogP contribution in [0.4, 0.5) is 22.7 Å². The van der Waals surface area contributed by atoms with Crippen molar-refractivity contribution in [3.63, 3.8) is 0 Å². The molecule has 0 unspecified atom stereocenters. The van der Waals surface area contributed by atoms with E-state index in [1.807, 2.05) is 6.92 Å². The smallest absolute Gasteiger partial charge is 0.263 e. The number of fused-ring (bicyclic) bond motifs is 2. The zero-order valence-corrected chi connectivity index (χ0v) is 16.6. The predicted octanol–water partition coefficient (Wildman–Crippen LogP) is 2.61. The number of H-pyrrole nitrogens is 1. The highest BCUT2D eigenvalue weighted by Crippen LogP contribution is 2.35. The monoisotopic (exact) mass is 421 g/mol. The van der Waals surface area contributed by atoms with Crippen LogP contribution in [0.1, 0.15) is 15.9 Å². The van der Waals surface area contributed by atoms with Gasteiger partial charge in [-0.15, -0.1) is 0 Å². The fraction of sp³-hybridized carbons (Fsp3) is 0.190. The van der Waals surface area contributed by atoms with E-state index in [1.165, 1.54) is 6.20 Å². The standard InChI is InChI=1S/C21H19N5O5/c1-11-14(9-24-21-18(11)22-6-7-29-21)26-13-4-5-23-19(27)17(13)20(28)25-12-2-3-15-16(8-12)31-10-30-15/h2-5,8-9,22H,6-7,10H2,1H3,(H,25,28)(H2,23,26,27). The summed E-state index contributed by atoms with van der Waals surface area (Å²) in [7, 11) is 0. The van der Waals surface area contributed by atoms with Gasteiger partial charge in [0.25, 0.3) is 11.5 Å². The average molecular weight is 421 g/mol. The third-order valence-electron chi connectivity index (χ3n) is 5.03. The number of aromatic nitrogens is 2. The van der Waals surface area contributed by atoms with Crippen molar-refractivity contribution in [1.82, 2.24) is 9.97 Å². The summed E-state index contributed by atoms with van der Waals surface area (Å²) in [6.07, 6.45) is 3.09. The molecular weight excluding hydrogens is 402 g/mol. The van der Waals surface area contributed by atoms with Gasteiger partial charge in [0, 0.05) is 30.1 Å². The van der Waals surface area contributed by atoms with Crippen LogP contribution in [0.5, 0.6) is 17.4 Å². The molecule has 3 aromatic rings. The maximum absolute atomic E-state index is 13.0. The number of rotatable bonds is 4. The minimum absolute atomic E-state index is 0.0542. The van der Waals surface area contributed by atoms with Crippen molar-refractivity contribution < 1.29 is 19.0 Å². The summed E-state index contributed by atoms with van der Waals surface area (Å²) in [5, 5.41) is 9.16. The fourth-order valence-corrected chi connectivity index (χ4v) is 3.47. The van der Waals surface area contributed by atoms with Crippen LogP contribution < -0.4 is 35.7 Å². The molecule has 5 rings (SSSR count). The van der Waals surface area contributed by atoms with Crippen molar-refractivity contribution in [2.45, 2.75) is 6.92 Å². The molecule has 10 heteroatoms. The molecule has 2 aromatic heterocycles.